The fourth-order valence-electron chi connectivity index (χ4n) is 3.57. The Kier molecular flexibility index (Phi) is 5.83. The van der Waals surface area contributed by atoms with Crippen LogP contribution in [-0.4, -0.2) is 35.6 Å². The Labute approximate surface area is 173 Å². The van der Waals surface area contributed by atoms with E-state index in [1.165, 1.54) is 4.90 Å². The summed E-state index contributed by atoms with van der Waals surface area (Å²) in [6, 6.07) is 15.7. The molecule has 156 valence electrons. The number of fused-ring (bicyclic) bond motifs is 3. The van der Waals surface area contributed by atoms with Gasteiger partial charge in [-0.1, -0.05) is 42.5 Å². The number of esters is 1. The van der Waals surface area contributed by atoms with Crippen LogP contribution in [0, 0.1) is 0 Å². The number of carbonyl (C=O) groups is 3. The molecular weight excluding hydrogens is 388 g/mol. The van der Waals surface area contributed by atoms with Gasteiger partial charge in [0.05, 0.1) is 5.56 Å². The van der Waals surface area contributed by atoms with Crippen molar-refractivity contribution in [3.05, 3.63) is 65.7 Å². The molecule has 8 heteroatoms. The summed E-state index contributed by atoms with van der Waals surface area (Å²) in [4.78, 5) is 37.8. The van der Waals surface area contributed by atoms with E-state index in [0.29, 0.717) is 37.1 Å². The second-order valence-electron chi connectivity index (χ2n) is 7.10. The Morgan fingerprint density at radius 2 is 1.80 bits per heavy atom. The van der Waals surface area contributed by atoms with Gasteiger partial charge < -0.3 is 19.5 Å². The van der Waals surface area contributed by atoms with E-state index in [9.17, 15) is 14.4 Å². The Hall–Kier alpha value is -3.55. The molecule has 4 rings (SSSR count). The minimum atomic E-state index is -0.744. The van der Waals surface area contributed by atoms with Crippen molar-refractivity contribution in [3.63, 3.8) is 0 Å². The van der Waals surface area contributed by atoms with Gasteiger partial charge >= 0.3 is 18.2 Å². The minimum absolute atomic E-state index is 0.209. The van der Waals surface area contributed by atoms with Gasteiger partial charge in [-0.2, -0.15) is 0 Å². The summed E-state index contributed by atoms with van der Waals surface area (Å²) in [5.41, 5.74) is 1.58. The number of hydrogen-bond donors (Lipinski definition) is 1. The summed E-state index contributed by atoms with van der Waals surface area (Å²) < 4.78 is 15.9. The molecule has 2 aliphatic rings. The van der Waals surface area contributed by atoms with Crippen LogP contribution in [-0.2, 0) is 20.9 Å². The highest BCUT2D eigenvalue weighted by atomic mass is 16.6. The molecule has 0 spiro atoms. The van der Waals surface area contributed by atoms with Crippen LogP contribution in [0.25, 0.3) is 0 Å². The minimum Gasteiger partial charge on any atom is -0.445 e. The van der Waals surface area contributed by atoms with Crippen molar-refractivity contribution >= 4 is 18.2 Å². The molecule has 30 heavy (non-hydrogen) atoms. The maximum Gasteiger partial charge on any atom is 0.419 e. The van der Waals surface area contributed by atoms with Crippen LogP contribution in [0.5, 0.6) is 5.75 Å². The maximum absolute atomic E-state index is 12.4. The Balaban J connectivity index is 1.21. The first-order valence-corrected chi connectivity index (χ1v) is 9.87. The number of ether oxygens (including phenoxy) is 3. The average molecular weight is 410 g/mol. The number of amides is 2. The zero-order chi connectivity index (χ0) is 20.9. The molecule has 0 aromatic heterocycles. The predicted octanol–water partition coefficient (Wildman–Crippen LogP) is 3.52. The molecule has 1 fully saturated rings. The summed E-state index contributed by atoms with van der Waals surface area (Å²) in [7, 11) is 0. The summed E-state index contributed by atoms with van der Waals surface area (Å²) >= 11 is 0. The predicted molar refractivity (Wildman–Crippen MR) is 105 cm³/mol. The zero-order valence-electron chi connectivity index (χ0n) is 16.3. The number of carbonyl (C=O) groups excluding carboxylic acids is 3. The van der Waals surface area contributed by atoms with Gasteiger partial charge in [-0.05, 0) is 37.0 Å². The number of alkyl carbamates (subject to hydrolysis) is 1. The summed E-state index contributed by atoms with van der Waals surface area (Å²) in [6.07, 6.45) is -0.142. The van der Waals surface area contributed by atoms with Crippen molar-refractivity contribution < 1.29 is 28.6 Å². The van der Waals surface area contributed by atoms with Crippen LogP contribution in [0.1, 0.15) is 36.6 Å². The molecule has 0 saturated carbocycles. The molecule has 2 aromatic rings. The van der Waals surface area contributed by atoms with Gasteiger partial charge in [0.25, 0.3) is 0 Å². The Morgan fingerprint density at radius 1 is 1.03 bits per heavy atom. The summed E-state index contributed by atoms with van der Waals surface area (Å²) in [5.74, 6) is -0.0284. The quantitative estimate of drug-likeness (QED) is 0.554. The lowest BCUT2D eigenvalue weighted by Crippen LogP contribution is -2.43. The fourth-order valence-corrected chi connectivity index (χ4v) is 3.57. The van der Waals surface area contributed by atoms with E-state index in [1.807, 2.05) is 30.3 Å². The molecular formula is C22H22N2O6. The first-order chi connectivity index (χ1) is 14.6. The van der Waals surface area contributed by atoms with E-state index in [0.717, 1.165) is 5.56 Å². The number of hydrogen-bond acceptors (Lipinski definition) is 6. The van der Waals surface area contributed by atoms with Crippen molar-refractivity contribution in [1.82, 2.24) is 10.2 Å². The molecule has 2 atom stereocenters. The highest BCUT2D eigenvalue weighted by molar-refractivity contribution is 5.87. The van der Waals surface area contributed by atoms with Gasteiger partial charge in [0, 0.05) is 6.54 Å². The smallest absolute Gasteiger partial charge is 0.419 e. The van der Waals surface area contributed by atoms with Crippen LogP contribution in [0.4, 0.5) is 9.59 Å². The molecule has 1 N–H and O–H groups in total. The van der Waals surface area contributed by atoms with Crippen molar-refractivity contribution in [1.29, 1.82) is 0 Å². The molecule has 0 aliphatic carbocycles. The zero-order valence-corrected chi connectivity index (χ0v) is 16.3. The van der Waals surface area contributed by atoms with Crippen LogP contribution in [0.3, 0.4) is 0 Å². The number of benzene rings is 2. The third kappa shape index (κ3) is 4.22. The SMILES string of the molecule is O=C(NCCCC[C@H]1C(=O)OC2c3ccccc3OC(=O)N21)OCc1ccccc1. The lowest BCUT2D eigenvalue weighted by molar-refractivity contribution is -0.143. The van der Waals surface area contributed by atoms with Crippen LogP contribution in [0.15, 0.2) is 54.6 Å². The van der Waals surface area contributed by atoms with Crippen molar-refractivity contribution in [2.24, 2.45) is 0 Å². The molecule has 8 nitrogen and oxygen atoms in total. The monoisotopic (exact) mass is 410 g/mol. The number of unbranched alkanes of at least 4 members (excludes halogenated alkanes) is 1. The largest absolute Gasteiger partial charge is 0.445 e. The second kappa shape index (κ2) is 8.86. The first-order valence-electron chi connectivity index (χ1n) is 9.87. The Morgan fingerprint density at radius 3 is 2.63 bits per heavy atom. The average Bonchev–Trinajstić information content (AvgIpc) is 3.10. The number of rotatable bonds is 7. The summed E-state index contributed by atoms with van der Waals surface area (Å²) in [5, 5.41) is 2.69. The van der Waals surface area contributed by atoms with Gasteiger partial charge in [-0.15, -0.1) is 0 Å². The lowest BCUT2D eigenvalue weighted by Gasteiger charge is -2.30. The third-order valence-electron chi connectivity index (χ3n) is 5.07. The van der Waals surface area contributed by atoms with E-state index in [-0.39, 0.29) is 6.61 Å². The highest BCUT2D eigenvalue weighted by Crippen LogP contribution is 2.41. The van der Waals surface area contributed by atoms with Crippen molar-refractivity contribution in [2.45, 2.75) is 38.1 Å². The standard InChI is InChI=1S/C22H22N2O6/c25-20-17(24-19(30-20)16-10-4-5-12-18(16)29-22(24)27)11-6-7-13-23-21(26)28-14-15-8-2-1-3-9-15/h1-5,8-10,12,17,19H,6-7,11,13-14H2,(H,23,26)/t17-,19?/m0/s1. The van der Waals surface area contributed by atoms with Crippen LogP contribution in [0.2, 0.25) is 0 Å². The van der Waals surface area contributed by atoms with Crippen molar-refractivity contribution in [3.8, 4) is 5.75 Å². The van der Waals surface area contributed by atoms with E-state index in [1.54, 1.807) is 24.3 Å². The molecule has 2 heterocycles. The Bertz CT molecular complexity index is 932. The van der Waals surface area contributed by atoms with E-state index in [4.69, 9.17) is 14.2 Å². The van der Waals surface area contributed by atoms with Gasteiger partial charge in [0.1, 0.15) is 18.4 Å². The first kappa shape index (κ1) is 19.8. The topological polar surface area (TPSA) is 94.2 Å². The molecule has 2 aliphatic heterocycles. The fraction of sp³-hybridized carbons (Fsp3) is 0.318. The van der Waals surface area contributed by atoms with Crippen LogP contribution >= 0.6 is 0 Å². The van der Waals surface area contributed by atoms with Gasteiger partial charge in [0.15, 0.2) is 0 Å². The molecule has 0 radical (unpaired) electrons. The van der Waals surface area contributed by atoms with Gasteiger partial charge in [-0.3, -0.25) is 4.90 Å². The van der Waals surface area contributed by atoms with Gasteiger partial charge in [-0.25, -0.2) is 14.4 Å². The molecule has 1 saturated heterocycles. The number of nitrogens with zero attached hydrogens (tertiary/aromatic N) is 1. The number of nitrogens with one attached hydrogen (secondary N) is 1. The van der Waals surface area contributed by atoms with E-state index in [2.05, 4.69) is 5.32 Å². The van der Waals surface area contributed by atoms with Crippen LogP contribution < -0.4 is 10.1 Å². The molecule has 2 amide bonds. The molecule has 2 aromatic carbocycles. The van der Waals surface area contributed by atoms with Crippen molar-refractivity contribution in [2.75, 3.05) is 6.54 Å². The highest BCUT2D eigenvalue weighted by Gasteiger charge is 2.49. The van der Waals surface area contributed by atoms with E-state index < -0.39 is 30.4 Å². The van der Waals surface area contributed by atoms with Gasteiger partial charge in [0.2, 0.25) is 6.23 Å². The molecule has 1 unspecified atom stereocenters. The second-order valence-corrected chi connectivity index (χ2v) is 7.10. The normalized spacial score (nSPS) is 19.4. The third-order valence-corrected chi connectivity index (χ3v) is 5.07. The lowest BCUT2D eigenvalue weighted by atomic mass is 10.1. The number of para-hydroxylation sites is 1. The van der Waals surface area contributed by atoms with E-state index >= 15 is 0 Å². The maximum atomic E-state index is 12.4. The molecule has 0 bridgehead atoms. The summed E-state index contributed by atoms with van der Waals surface area (Å²) in [6.45, 7) is 0.618.